The highest BCUT2D eigenvalue weighted by Gasteiger charge is 2.40. The molecule has 2 heterocycles. The van der Waals surface area contributed by atoms with E-state index in [4.69, 9.17) is 4.74 Å². The predicted molar refractivity (Wildman–Crippen MR) is 99.9 cm³/mol. The van der Waals surface area contributed by atoms with E-state index in [2.05, 4.69) is 57.4 Å². The van der Waals surface area contributed by atoms with E-state index in [9.17, 15) is 0 Å². The van der Waals surface area contributed by atoms with Gasteiger partial charge in [-0.25, -0.2) is 0 Å². The minimum atomic E-state index is 0.0502. The minimum absolute atomic E-state index is 0.0502. The Morgan fingerprint density at radius 2 is 2.04 bits per heavy atom. The van der Waals surface area contributed by atoms with Crippen molar-refractivity contribution in [2.75, 3.05) is 13.2 Å². The van der Waals surface area contributed by atoms with Crippen LogP contribution in [0.25, 0.3) is 0 Å². The molecular weight excluding hydrogens is 302 g/mol. The number of ether oxygens (including phenoxy) is 1. The number of quaternary nitrogens is 1. The van der Waals surface area contributed by atoms with Crippen LogP contribution in [0.15, 0.2) is 17.5 Å². The Balaban J connectivity index is 1.91. The summed E-state index contributed by atoms with van der Waals surface area (Å²) in [5, 5.41) is 4.72. The third-order valence-electron chi connectivity index (χ3n) is 5.36. The molecule has 1 fully saturated rings. The van der Waals surface area contributed by atoms with Gasteiger partial charge >= 0.3 is 0 Å². The summed E-state index contributed by atoms with van der Waals surface area (Å²) < 4.78 is 6.01. The van der Waals surface area contributed by atoms with Gasteiger partial charge < -0.3 is 10.1 Å². The first-order valence-corrected chi connectivity index (χ1v) is 10.2. The van der Waals surface area contributed by atoms with Crippen molar-refractivity contribution in [1.29, 1.82) is 0 Å². The zero-order valence-electron chi connectivity index (χ0n) is 15.7. The molecular formula is C20H36NOS+. The largest absolute Gasteiger partial charge is 0.376 e. The highest BCUT2D eigenvalue weighted by Crippen LogP contribution is 2.45. The molecule has 0 radical (unpaired) electrons. The van der Waals surface area contributed by atoms with Crippen molar-refractivity contribution in [3.05, 3.63) is 22.4 Å². The van der Waals surface area contributed by atoms with Gasteiger partial charge in [-0.3, -0.25) is 0 Å². The van der Waals surface area contributed by atoms with Gasteiger partial charge in [0.15, 0.2) is 0 Å². The van der Waals surface area contributed by atoms with Crippen LogP contribution in [0.5, 0.6) is 0 Å². The Morgan fingerprint density at radius 3 is 2.65 bits per heavy atom. The molecule has 23 heavy (non-hydrogen) atoms. The number of rotatable bonds is 8. The summed E-state index contributed by atoms with van der Waals surface area (Å²) in [7, 11) is 0. The van der Waals surface area contributed by atoms with Gasteiger partial charge in [-0.15, -0.1) is 11.3 Å². The zero-order chi connectivity index (χ0) is 16.9. The lowest BCUT2D eigenvalue weighted by molar-refractivity contribution is -0.693. The molecule has 1 aliphatic heterocycles. The van der Waals surface area contributed by atoms with Crippen molar-refractivity contribution in [3.63, 3.8) is 0 Å². The molecule has 132 valence electrons. The molecule has 0 saturated carbocycles. The van der Waals surface area contributed by atoms with Gasteiger partial charge in [0.2, 0.25) is 0 Å². The molecule has 3 heteroatoms. The van der Waals surface area contributed by atoms with Crippen LogP contribution in [-0.4, -0.2) is 18.8 Å². The fourth-order valence-corrected chi connectivity index (χ4v) is 4.82. The van der Waals surface area contributed by atoms with Crippen LogP contribution in [0.1, 0.15) is 77.6 Å². The summed E-state index contributed by atoms with van der Waals surface area (Å²) >= 11 is 1.88. The van der Waals surface area contributed by atoms with Gasteiger partial charge in [0, 0.05) is 13.0 Å². The Bertz CT molecular complexity index is 454. The second-order valence-electron chi connectivity index (χ2n) is 8.55. The van der Waals surface area contributed by atoms with Crippen molar-refractivity contribution in [2.24, 2.45) is 11.3 Å². The van der Waals surface area contributed by atoms with Crippen LogP contribution in [0.3, 0.4) is 0 Å². The molecule has 2 atom stereocenters. The van der Waals surface area contributed by atoms with Crippen molar-refractivity contribution >= 4 is 11.3 Å². The maximum Gasteiger partial charge on any atom is 0.118 e. The molecule has 2 rings (SSSR count). The molecule has 1 aromatic heterocycles. The summed E-state index contributed by atoms with van der Waals surface area (Å²) in [5.74, 6) is 0.798. The van der Waals surface area contributed by atoms with Gasteiger partial charge in [0.1, 0.15) is 6.04 Å². The SMILES string of the molecule is CC(C)CC[C@]1(CC[NH2+][C@H](C)c2cccs2)CCOC(C)(C)C1. The smallest absolute Gasteiger partial charge is 0.118 e. The maximum atomic E-state index is 6.01. The monoisotopic (exact) mass is 338 g/mol. The third-order valence-corrected chi connectivity index (χ3v) is 6.44. The van der Waals surface area contributed by atoms with E-state index < -0.39 is 0 Å². The lowest BCUT2D eigenvalue weighted by Crippen LogP contribution is -2.85. The molecule has 0 aromatic carbocycles. The van der Waals surface area contributed by atoms with Crippen molar-refractivity contribution in [3.8, 4) is 0 Å². The van der Waals surface area contributed by atoms with Crippen molar-refractivity contribution in [1.82, 2.24) is 0 Å². The first-order chi connectivity index (χ1) is 10.8. The lowest BCUT2D eigenvalue weighted by Gasteiger charge is -2.45. The number of hydrogen-bond donors (Lipinski definition) is 1. The normalized spacial score (nSPS) is 25.7. The Morgan fingerprint density at radius 1 is 1.26 bits per heavy atom. The molecule has 0 spiro atoms. The zero-order valence-corrected chi connectivity index (χ0v) is 16.5. The number of hydrogen-bond acceptors (Lipinski definition) is 2. The fraction of sp³-hybridized carbons (Fsp3) is 0.800. The molecule has 1 saturated heterocycles. The van der Waals surface area contributed by atoms with Gasteiger partial charge in [0.25, 0.3) is 0 Å². The highest BCUT2D eigenvalue weighted by molar-refractivity contribution is 7.10. The predicted octanol–water partition coefficient (Wildman–Crippen LogP) is 4.77. The molecule has 2 nitrogen and oxygen atoms in total. The van der Waals surface area contributed by atoms with Crippen LogP contribution < -0.4 is 5.32 Å². The summed E-state index contributed by atoms with van der Waals surface area (Å²) in [4.78, 5) is 1.49. The van der Waals surface area contributed by atoms with E-state index in [0.717, 1.165) is 12.5 Å². The Labute approximate surface area is 147 Å². The average molecular weight is 339 g/mol. The van der Waals surface area contributed by atoms with Gasteiger partial charge in [-0.2, -0.15) is 0 Å². The molecule has 0 aliphatic carbocycles. The van der Waals surface area contributed by atoms with E-state index >= 15 is 0 Å². The van der Waals surface area contributed by atoms with Crippen LogP contribution in [0, 0.1) is 11.3 Å². The van der Waals surface area contributed by atoms with E-state index in [0.29, 0.717) is 11.5 Å². The highest BCUT2D eigenvalue weighted by atomic mass is 32.1. The van der Waals surface area contributed by atoms with Crippen LogP contribution in [0.2, 0.25) is 0 Å². The van der Waals surface area contributed by atoms with E-state index in [1.165, 1.54) is 43.5 Å². The van der Waals surface area contributed by atoms with Crippen LogP contribution in [0.4, 0.5) is 0 Å². The van der Waals surface area contributed by atoms with Crippen molar-refractivity contribution in [2.45, 2.75) is 78.4 Å². The third kappa shape index (κ3) is 5.88. The molecule has 1 aromatic rings. The van der Waals surface area contributed by atoms with Crippen LogP contribution >= 0.6 is 11.3 Å². The molecule has 0 unspecified atom stereocenters. The fourth-order valence-electron chi connectivity index (χ4n) is 4.04. The molecule has 0 amide bonds. The average Bonchev–Trinajstić information content (AvgIpc) is 2.98. The van der Waals surface area contributed by atoms with E-state index in [-0.39, 0.29) is 5.60 Å². The van der Waals surface area contributed by atoms with Crippen LogP contribution in [-0.2, 0) is 4.74 Å². The molecule has 1 aliphatic rings. The Hall–Kier alpha value is -0.380. The van der Waals surface area contributed by atoms with Gasteiger partial charge in [-0.1, -0.05) is 26.3 Å². The summed E-state index contributed by atoms with van der Waals surface area (Å²) in [6.07, 6.45) is 6.48. The van der Waals surface area contributed by atoms with E-state index in [1.807, 2.05) is 11.3 Å². The summed E-state index contributed by atoms with van der Waals surface area (Å²) in [6.45, 7) is 13.7. The first kappa shape index (κ1) is 19.0. The molecule has 2 N–H and O–H groups in total. The van der Waals surface area contributed by atoms with Gasteiger partial charge in [-0.05, 0) is 62.8 Å². The number of nitrogens with two attached hydrogens (primary N) is 1. The van der Waals surface area contributed by atoms with E-state index in [1.54, 1.807) is 0 Å². The molecule has 0 bridgehead atoms. The maximum absolute atomic E-state index is 6.01. The minimum Gasteiger partial charge on any atom is -0.376 e. The summed E-state index contributed by atoms with van der Waals surface area (Å²) in [6, 6.07) is 5.01. The first-order valence-electron chi connectivity index (χ1n) is 9.33. The topological polar surface area (TPSA) is 25.8 Å². The quantitative estimate of drug-likeness (QED) is 0.725. The number of thiophene rings is 1. The second-order valence-corrected chi connectivity index (χ2v) is 9.53. The van der Waals surface area contributed by atoms with Crippen molar-refractivity contribution < 1.29 is 10.1 Å². The van der Waals surface area contributed by atoms with Gasteiger partial charge in [0.05, 0.1) is 17.0 Å². The Kier molecular flexibility index (Phi) is 6.70. The standard InChI is InChI=1S/C20H35NOS/c1-16(2)8-9-20(11-13-22-19(4,5)15-20)10-12-21-17(3)18-7-6-14-23-18/h6-7,14,16-17,21H,8-13,15H2,1-5H3/p+1/t17-,20+/m1/s1. The summed E-state index contributed by atoms with van der Waals surface area (Å²) in [5.41, 5.74) is 0.534. The lowest BCUT2D eigenvalue weighted by atomic mass is 9.68. The second kappa shape index (κ2) is 8.13.